The fourth-order valence-electron chi connectivity index (χ4n) is 0.966. The van der Waals surface area contributed by atoms with E-state index in [9.17, 15) is 31.0 Å². The van der Waals surface area contributed by atoms with Gasteiger partial charge in [0.2, 0.25) is 10.4 Å². The Balaban J connectivity index is -0.0000000445. The summed E-state index contributed by atoms with van der Waals surface area (Å²) in [6.45, 7) is 0. The average molecular weight is 522 g/mol. The van der Waals surface area contributed by atoms with Crippen molar-refractivity contribution in [2.75, 3.05) is 0 Å². The van der Waals surface area contributed by atoms with Crippen LogP contribution in [-0.4, -0.2) is 81.1 Å². The molecule has 1 rings (SSSR count). The Morgan fingerprint density at radius 3 is 1.43 bits per heavy atom. The fourth-order valence-corrected chi connectivity index (χ4v) is 1.52. The molecule has 0 atom stereocenters. The molecule has 0 heterocycles. The van der Waals surface area contributed by atoms with E-state index in [4.69, 9.17) is 14.9 Å². The van der Waals surface area contributed by atoms with Gasteiger partial charge in [-0.1, -0.05) is 20.8 Å². The summed E-state index contributed by atoms with van der Waals surface area (Å²) < 4.78 is 60.2. The molecule has 19 nitrogen and oxygen atoms in total. The van der Waals surface area contributed by atoms with Crippen molar-refractivity contribution in [1.82, 2.24) is 0 Å². The Hall–Kier alpha value is -0.744. The standard InChI is InChI=1S/C8H6O5.K.H2O8S2.6H2O/c9-7(10)5-3-1-2-4-6(5)8(11)13-12;;1-9(2,3)7-8-10(4,5)6;;;;;;/h1-4,12H,(H,9,10);;(H,1,2,3)(H,4,5,6);6*1H2/q;+1;;;;;;;/p-1. The molecule has 22 heteroatoms. The Kier molecular flexibility index (Phi) is 39.5. The first-order valence-electron chi connectivity index (χ1n) is 4.86. The van der Waals surface area contributed by atoms with Crippen molar-refractivity contribution in [2.24, 2.45) is 0 Å². The van der Waals surface area contributed by atoms with E-state index in [1.54, 1.807) is 0 Å². The van der Waals surface area contributed by atoms with Gasteiger partial charge in [-0.3, -0.25) is 9.44 Å². The molecule has 0 spiro atoms. The van der Waals surface area contributed by atoms with Gasteiger partial charge in [-0.2, -0.15) is 13.7 Å². The Morgan fingerprint density at radius 1 is 0.833 bits per heavy atom. The van der Waals surface area contributed by atoms with Crippen molar-refractivity contribution in [3.05, 3.63) is 35.4 Å². The number of aromatic carboxylic acids is 1. The van der Waals surface area contributed by atoms with Crippen LogP contribution >= 0.6 is 0 Å². The minimum atomic E-state index is -5.27. The van der Waals surface area contributed by atoms with Crippen molar-refractivity contribution in [1.29, 1.82) is 0 Å². The predicted octanol–water partition coefficient (Wildman–Crippen LogP) is -8.73. The molecule has 0 aliphatic heterocycles. The van der Waals surface area contributed by atoms with Crippen molar-refractivity contribution in [3.8, 4) is 0 Å². The maximum Gasteiger partial charge on any atom is 1.00 e. The first-order valence-corrected chi connectivity index (χ1v) is 7.56. The first-order chi connectivity index (χ1) is 10.4. The number of carbonyl (C=O) groups excluding carboxylic acids is 1. The van der Waals surface area contributed by atoms with Crippen LogP contribution in [0, 0.1) is 0 Å². The second kappa shape index (κ2) is 22.9. The van der Waals surface area contributed by atoms with E-state index in [2.05, 4.69) is 13.6 Å². The maximum absolute atomic E-state index is 10.8. The van der Waals surface area contributed by atoms with Crippen LogP contribution in [0.25, 0.3) is 0 Å². The normalized spacial score (nSPS) is 8.50. The number of hydrogen-bond acceptors (Lipinski definition) is 11. The van der Waals surface area contributed by atoms with Gasteiger partial charge in [0.25, 0.3) is 0 Å². The molecule has 0 bridgehead atoms. The second-order valence-corrected chi connectivity index (χ2v) is 5.15. The van der Waals surface area contributed by atoms with E-state index < -0.39 is 32.7 Å². The van der Waals surface area contributed by atoms with E-state index >= 15 is 0 Å². The topological polar surface area (TPSA) is 403 Å². The van der Waals surface area contributed by atoms with E-state index in [-0.39, 0.29) is 95.4 Å². The SMILES string of the molecule is O.O.O.O.O.O.O=C(O)c1ccccc1C(=O)OO.O=S(=O)([O-])OOS(=O)(=O)O.[K+]. The van der Waals surface area contributed by atoms with Crippen LogP contribution in [0.3, 0.4) is 0 Å². The minimum absolute atomic E-state index is 0. The molecular weight excluding hydrogens is 503 g/mol. The number of carboxylic acid groups (broad SMARTS) is 1. The number of carboxylic acids is 1. The second-order valence-electron chi connectivity index (χ2n) is 3.20. The summed E-state index contributed by atoms with van der Waals surface area (Å²) in [4.78, 5) is 24.8. The van der Waals surface area contributed by atoms with Gasteiger partial charge in [0, 0.05) is 0 Å². The van der Waals surface area contributed by atoms with Crippen LogP contribution in [0.4, 0.5) is 0 Å². The Labute approximate surface area is 210 Å². The molecule has 178 valence electrons. The molecule has 0 amide bonds. The molecule has 0 saturated carbocycles. The van der Waals surface area contributed by atoms with E-state index in [0.29, 0.717) is 0 Å². The summed E-state index contributed by atoms with van der Waals surface area (Å²) >= 11 is 0. The van der Waals surface area contributed by atoms with Crippen molar-refractivity contribution in [2.45, 2.75) is 0 Å². The van der Waals surface area contributed by atoms with Crippen LogP contribution < -0.4 is 51.4 Å². The van der Waals surface area contributed by atoms with Gasteiger partial charge in [0.1, 0.15) is 0 Å². The van der Waals surface area contributed by atoms with Crippen LogP contribution in [0.5, 0.6) is 0 Å². The van der Waals surface area contributed by atoms with E-state index in [1.807, 2.05) is 0 Å². The van der Waals surface area contributed by atoms with Gasteiger partial charge in [-0.15, -0.1) is 0 Å². The van der Waals surface area contributed by atoms with Gasteiger partial charge in [-0.05, 0) is 12.1 Å². The van der Waals surface area contributed by atoms with Gasteiger partial charge in [-0.25, -0.2) is 18.0 Å². The number of benzene rings is 1. The van der Waals surface area contributed by atoms with Crippen LogP contribution in [-0.2, 0) is 34.4 Å². The molecule has 15 N–H and O–H groups in total. The minimum Gasteiger partial charge on any atom is -0.724 e. The molecule has 0 aromatic heterocycles. The summed E-state index contributed by atoms with van der Waals surface area (Å²) in [5.74, 6) is -2.33. The fraction of sp³-hybridized carbons (Fsp3) is 0. The average Bonchev–Trinajstić information content (AvgIpc) is 2.43. The summed E-state index contributed by atoms with van der Waals surface area (Å²) in [5.41, 5.74) is -0.390. The van der Waals surface area contributed by atoms with Crippen LogP contribution in [0.15, 0.2) is 24.3 Å². The number of hydrogen-bond donors (Lipinski definition) is 3. The first kappa shape index (κ1) is 51.7. The number of rotatable bonds is 5. The third-order valence-electron chi connectivity index (χ3n) is 1.66. The van der Waals surface area contributed by atoms with E-state index in [0.717, 1.165) is 0 Å². The third kappa shape index (κ3) is 25.3. The Bertz CT molecular complexity index is 741. The zero-order chi connectivity index (χ0) is 18.3. The quantitative estimate of drug-likeness (QED) is 0.106. The molecule has 1 aromatic rings. The molecule has 0 aliphatic carbocycles. The van der Waals surface area contributed by atoms with Gasteiger partial charge >= 0.3 is 73.7 Å². The van der Waals surface area contributed by atoms with Gasteiger partial charge in [0.05, 0.1) is 11.1 Å². The molecule has 0 unspecified atom stereocenters. The van der Waals surface area contributed by atoms with Crippen molar-refractivity contribution in [3.63, 3.8) is 0 Å². The molecule has 30 heavy (non-hydrogen) atoms. The van der Waals surface area contributed by atoms with E-state index in [1.165, 1.54) is 24.3 Å². The molecule has 0 aliphatic rings. The van der Waals surface area contributed by atoms with Crippen molar-refractivity contribution >= 4 is 32.7 Å². The molecule has 0 fully saturated rings. The zero-order valence-electron chi connectivity index (χ0n) is 14.6. The molecule has 1 aromatic carbocycles. The smallest absolute Gasteiger partial charge is 0.724 e. The van der Waals surface area contributed by atoms with Gasteiger partial charge < -0.3 is 42.5 Å². The predicted molar refractivity (Wildman–Crippen MR) is 86.5 cm³/mol. The number of carbonyl (C=O) groups is 2. The molecule has 0 saturated heterocycles. The summed E-state index contributed by atoms with van der Waals surface area (Å²) in [5, 5.41) is 16.7. The maximum atomic E-state index is 10.8. The molecular formula is C8H19KO19S2. The van der Waals surface area contributed by atoms with Crippen molar-refractivity contribution < 1.29 is 144 Å². The third-order valence-corrected chi connectivity index (χ3v) is 2.22. The molecule has 0 radical (unpaired) electrons. The zero-order valence-corrected chi connectivity index (χ0v) is 19.3. The largest absolute Gasteiger partial charge is 1.00 e. The summed E-state index contributed by atoms with van der Waals surface area (Å²) in [7, 11) is -10.3. The summed E-state index contributed by atoms with van der Waals surface area (Å²) in [6.07, 6.45) is 0. The Morgan fingerprint density at radius 2 is 1.20 bits per heavy atom. The monoisotopic (exact) mass is 522 g/mol. The van der Waals surface area contributed by atoms with Crippen LogP contribution in [0.2, 0.25) is 0 Å². The van der Waals surface area contributed by atoms with Crippen LogP contribution in [0.1, 0.15) is 20.7 Å². The summed E-state index contributed by atoms with van der Waals surface area (Å²) in [6, 6.07) is 5.44. The van der Waals surface area contributed by atoms with Gasteiger partial charge in [0.15, 0.2) is 0 Å².